The van der Waals surface area contributed by atoms with Gasteiger partial charge in [-0.15, -0.1) is 0 Å². The Labute approximate surface area is 121 Å². The van der Waals surface area contributed by atoms with Crippen LogP contribution < -0.4 is 5.73 Å². The van der Waals surface area contributed by atoms with Crippen molar-refractivity contribution in [2.45, 2.75) is 6.54 Å². The molecule has 2 rings (SSSR count). The maximum atomic E-state index is 12.1. The van der Waals surface area contributed by atoms with Gasteiger partial charge in [0.05, 0.1) is 10.0 Å². The molecule has 19 heavy (non-hydrogen) atoms. The summed E-state index contributed by atoms with van der Waals surface area (Å²) in [5, 5.41) is 0.973. The number of carbonyl (C=O) groups excluding carboxylic acids is 1. The molecule has 0 aliphatic carbocycles. The van der Waals surface area contributed by atoms with Crippen LogP contribution in [-0.2, 0) is 6.54 Å². The lowest BCUT2D eigenvalue weighted by molar-refractivity contribution is 0.0780. The molecule has 1 aromatic heterocycles. The summed E-state index contributed by atoms with van der Waals surface area (Å²) < 4.78 is 0. The second kappa shape index (κ2) is 5.55. The lowest BCUT2D eigenvalue weighted by Crippen LogP contribution is -2.26. The number of anilines is 1. The molecule has 1 aromatic carbocycles. The fraction of sp³-hybridized carbons (Fsp3) is 0.154. The summed E-state index contributed by atoms with van der Waals surface area (Å²) in [4.78, 5) is 16.5. The molecule has 0 aliphatic heterocycles. The van der Waals surface area contributed by atoms with Crippen molar-refractivity contribution in [1.82, 2.24) is 9.88 Å². The SMILES string of the molecule is CN(Cc1ccc(Cl)c(Cl)c1)C(=O)c1cc(N)c[nH]1. The van der Waals surface area contributed by atoms with Gasteiger partial charge in [-0.05, 0) is 23.8 Å². The zero-order valence-electron chi connectivity index (χ0n) is 10.3. The van der Waals surface area contributed by atoms with Gasteiger partial charge < -0.3 is 15.6 Å². The number of hydrogen-bond donors (Lipinski definition) is 2. The van der Waals surface area contributed by atoms with E-state index in [1.54, 1.807) is 36.3 Å². The summed E-state index contributed by atoms with van der Waals surface area (Å²) in [5.41, 5.74) is 7.47. The molecule has 0 unspecified atom stereocenters. The molecule has 0 radical (unpaired) electrons. The molecule has 3 N–H and O–H groups in total. The minimum Gasteiger partial charge on any atom is -0.397 e. The van der Waals surface area contributed by atoms with Gasteiger partial charge in [0.15, 0.2) is 0 Å². The molecule has 1 heterocycles. The standard InChI is InChI=1S/C13H13Cl2N3O/c1-18(13(19)12-5-9(16)6-17-12)7-8-2-3-10(14)11(15)4-8/h2-6,17H,7,16H2,1H3. The Hall–Kier alpha value is -1.65. The van der Waals surface area contributed by atoms with E-state index in [0.29, 0.717) is 28.0 Å². The largest absolute Gasteiger partial charge is 0.397 e. The first-order valence-electron chi connectivity index (χ1n) is 5.60. The first-order valence-corrected chi connectivity index (χ1v) is 6.36. The summed E-state index contributed by atoms with van der Waals surface area (Å²) in [5.74, 6) is -0.136. The average molecular weight is 298 g/mol. The molecule has 1 amide bonds. The van der Waals surface area contributed by atoms with Crippen molar-refractivity contribution in [3.05, 3.63) is 51.8 Å². The first kappa shape index (κ1) is 13.8. The summed E-state index contributed by atoms with van der Waals surface area (Å²) in [6.07, 6.45) is 1.58. The Morgan fingerprint density at radius 2 is 2.05 bits per heavy atom. The van der Waals surface area contributed by atoms with E-state index < -0.39 is 0 Å². The molecular formula is C13H13Cl2N3O. The van der Waals surface area contributed by atoms with Crippen molar-refractivity contribution in [2.75, 3.05) is 12.8 Å². The van der Waals surface area contributed by atoms with Crippen LogP contribution in [0.5, 0.6) is 0 Å². The number of amides is 1. The van der Waals surface area contributed by atoms with Crippen LogP contribution in [-0.4, -0.2) is 22.8 Å². The van der Waals surface area contributed by atoms with Crippen LogP contribution in [0.3, 0.4) is 0 Å². The fourth-order valence-electron chi connectivity index (χ4n) is 1.72. The Morgan fingerprint density at radius 1 is 1.32 bits per heavy atom. The van der Waals surface area contributed by atoms with Gasteiger partial charge in [-0.2, -0.15) is 0 Å². The molecule has 0 saturated heterocycles. The zero-order chi connectivity index (χ0) is 14.0. The average Bonchev–Trinajstić information content (AvgIpc) is 2.79. The highest BCUT2D eigenvalue weighted by molar-refractivity contribution is 6.42. The molecule has 0 bridgehead atoms. The summed E-state index contributed by atoms with van der Waals surface area (Å²) in [6, 6.07) is 6.90. The van der Waals surface area contributed by atoms with Crippen molar-refractivity contribution in [2.24, 2.45) is 0 Å². The van der Waals surface area contributed by atoms with E-state index in [9.17, 15) is 4.79 Å². The van der Waals surface area contributed by atoms with Gasteiger partial charge in [0, 0.05) is 25.5 Å². The number of halogens is 2. The van der Waals surface area contributed by atoms with E-state index in [-0.39, 0.29) is 5.91 Å². The van der Waals surface area contributed by atoms with Crippen LogP contribution >= 0.6 is 23.2 Å². The highest BCUT2D eigenvalue weighted by Gasteiger charge is 2.14. The van der Waals surface area contributed by atoms with Crippen molar-refractivity contribution < 1.29 is 4.79 Å². The molecule has 6 heteroatoms. The normalized spacial score (nSPS) is 10.5. The molecule has 0 atom stereocenters. The summed E-state index contributed by atoms with van der Waals surface area (Å²) in [6.45, 7) is 0.439. The molecule has 0 fully saturated rings. The van der Waals surface area contributed by atoms with Crippen LogP contribution in [0.25, 0.3) is 0 Å². The molecule has 0 aliphatic rings. The predicted molar refractivity (Wildman–Crippen MR) is 77.5 cm³/mol. The number of aromatic nitrogens is 1. The number of nitrogens with one attached hydrogen (secondary N) is 1. The lowest BCUT2D eigenvalue weighted by Gasteiger charge is -2.16. The quantitative estimate of drug-likeness (QED) is 0.914. The number of nitrogens with zero attached hydrogens (tertiary/aromatic N) is 1. The van der Waals surface area contributed by atoms with Crippen LogP contribution in [0.1, 0.15) is 16.1 Å². The van der Waals surface area contributed by atoms with Crippen LogP contribution in [0.2, 0.25) is 10.0 Å². The second-order valence-corrected chi connectivity index (χ2v) is 5.07. The van der Waals surface area contributed by atoms with E-state index in [0.717, 1.165) is 5.56 Å². The van der Waals surface area contributed by atoms with Crippen LogP contribution in [0.4, 0.5) is 5.69 Å². The maximum absolute atomic E-state index is 12.1. The number of aromatic amines is 1. The van der Waals surface area contributed by atoms with Gasteiger partial charge in [-0.25, -0.2) is 0 Å². The van der Waals surface area contributed by atoms with Gasteiger partial charge in [0.25, 0.3) is 5.91 Å². The smallest absolute Gasteiger partial charge is 0.270 e. The van der Waals surface area contributed by atoms with Crippen molar-refractivity contribution in [1.29, 1.82) is 0 Å². The number of nitrogen functional groups attached to an aromatic ring is 1. The Kier molecular flexibility index (Phi) is 4.02. The monoisotopic (exact) mass is 297 g/mol. The third kappa shape index (κ3) is 3.22. The molecule has 0 saturated carbocycles. The maximum Gasteiger partial charge on any atom is 0.270 e. The van der Waals surface area contributed by atoms with Gasteiger partial charge in [-0.3, -0.25) is 4.79 Å². The predicted octanol–water partition coefficient (Wildman–Crippen LogP) is 3.18. The number of carbonyl (C=O) groups is 1. The molecule has 2 aromatic rings. The third-order valence-corrected chi connectivity index (χ3v) is 3.43. The van der Waals surface area contributed by atoms with Gasteiger partial charge >= 0.3 is 0 Å². The van der Waals surface area contributed by atoms with Crippen molar-refractivity contribution in [3.63, 3.8) is 0 Å². The molecule has 4 nitrogen and oxygen atoms in total. The number of hydrogen-bond acceptors (Lipinski definition) is 2. The van der Waals surface area contributed by atoms with Crippen molar-refractivity contribution in [3.8, 4) is 0 Å². The number of nitrogens with two attached hydrogens (primary N) is 1. The van der Waals surface area contributed by atoms with E-state index in [1.165, 1.54) is 0 Å². The van der Waals surface area contributed by atoms with E-state index in [2.05, 4.69) is 4.98 Å². The van der Waals surface area contributed by atoms with Gasteiger partial charge in [-0.1, -0.05) is 29.3 Å². The third-order valence-electron chi connectivity index (χ3n) is 2.69. The molecular weight excluding hydrogens is 285 g/mol. The highest BCUT2D eigenvalue weighted by Crippen LogP contribution is 2.23. The Balaban J connectivity index is 2.10. The van der Waals surface area contributed by atoms with Crippen LogP contribution in [0, 0.1) is 0 Å². The minimum atomic E-state index is -0.136. The van der Waals surface area contributed by atoms with Gasteiger partial charge in [0.1, 0.15) is 5.69 Å². The summed E-state index contributed by atoms with van der Waals surface area (Å²) >= 11 is 11.8. The van der Waals surface area contributed by atoms with Crippen molar-refractivity contribution >= 4 is 34.8 Å². The number of H-pyrrole nitrogens is 1. The van der Waals surface area contributed by atoms with E-state index in [4.69, 9.17) is 28.9 Å². The Bertz CT molecular complexity index is 610. The first-order chi connectivity index (χ1) is 8.97. The molecule has 0 spiro atoms. The highest BCUT2D eigenvalue weighted by atomic mass is 35.5. The van der Waals surface area contributed by atoms with E-state index >= 15 is 0 Å². The summed E-state index contributed by atoms with van der Waals surface area (Å²) in [7, 11) is 1.71. The Morgan fingerprint density at radius 3 is 2.63 bits per heavy atom. The number of benzene rings is 1. The van der Waals surface area contributed by atoms with Crippen LogP contribution in [0.15, 0.2) is 30.5 Å². The number of rotatable bonds is 3. The second-order valence-electron chi connectivity index (χ2n) is 4.26. The fourth-order valence-corrected chi connectivity index (χ4v) is 2.04. The topological polar surface area (TPSA) is 62.1 Å². The zero-order valence-corrected chi connectivity index (χ0v) is 11.8. The lowest BCUT2D eigenvalue weighted by atomic mass is 10.2. The minimum absolute atomic E-state index is 0.136. The molecule has 100 valence electrons. The van der Waals surface area contributed by atoms with E-state index in [1.807, 2.05) is 6.07 Å². The van der Waals surface area contributed by atoms with Gasteiger partial charge in [0.2, 0.25) is 0 Å².